The van der Waals surface area contributed by atoms with Gasteiger partial charge in [0.25, 0.3) is 0 Å². The molecule has 0 bridgehead atoms. The predicted octanol–water partition coefficient (Wildman–Crippen LogP) is 2.15. The second-order valence-corrected chi connectivity index (χ2v) is 4.86. The number of esters is 1. The highest BCUT2D eigenvalue weighted by molar-refractivity contribution is 5.71. The Bertz CT molecular complexity index is 430. The van der Waals surface area contributed by atoms with Crippen molar-refractivity contribution in [3.05, 3.63) is 24.3 Å². The number of hydrogen-bond donors (Lipinski definition) is 1. The van der Waals surface area contributed by atoms with Crippen LogP contribution >= 0.6 is 0 Å². The first-order valence-corrected chi connectivity index (χ1v) is 6.99. The fourth-order valence-corrected chi connectivity index (χ4v) is 2.16. The minimum absolute atomic E-state index is 0.0939. The SMILES string of the molecule is Nc1cccc(OCC(=O)OCCCC2CCCO2)c1. The van der Waals surface area contributed by atoms with Gasteiger partial charge in [0.1, 0.15) is 5.75 Å². The molecule has 1 aliphatic heterocycles. The number of nitrogens with two attached hydrogens (primary N) is 1. The van der Waals surface area contributed by atoms with Gasteiger partial charge in [-0.3, -0.25) is 0 Å². The van der Waals surface area contributed by atoms with Crippen LogP contribution in [0.3, 0.4) is 0 Å². The zero-order valence-corrected chi connectivity index (χ0v) is 11.5. The van der Waals surface area contributed by atoms with E-state index in [0.29, 0.717) is 24.1 Å². The molecule has 1 fully saturated rings. The number of hydrogen-bond acceptors (Lipinski definition) is 5. The van der Waals surface area contributed by atoms with Gasteiger partial charge in [0, 0.05) is 18.4 Å². The summed E-state index contributed by atoms with van der Waals surface area (Å²) in [7, 11) is 0. The molecular weight excluding hydrogens is 258 g/mol. The highest BCUT2D eigenvalue weighted by Gasteiger charge is 2.15. The van der Waals surface area contributed by atoms with Gasteiger partial charge >= 0.3 is 5.97 Å². The van der Waals surface area contributed by atoms with Crippen molar-refractivity contribution in [2.24, 2.45) is 0 Å². The quantitative estimate of drug-likeness (QED) is 0.470. The first-order chi connectivity index (χ1) is 9.74. The smallest absolute Gasteiger partial charge is 0.344 e. The van der Waals surface area contributed by atoms with Crippen LogP contribution in [-0.4, -0.2) is 31.9 Å². The van der Waals surface area contributed by atoms with Gasteiger partial charge < -0.3 is 19.9 Å². The monoisotopic (exact) mass is 279 g/mol. The van der Waals surface area contributed by atoms with Gasteiger partial charge in [0.05, 0.1) is 12.7 Å². The van der Waals surface area contributed by atoms with Crippen LogP contribution < -0.4 is 10.5 Å². The first-order valence-electron chi connectivity index (χ1n) is 6.99. The molecule has 1 saturated heterocycles. The van der Waals surface area contributed by atoms with Crippen LogP contribution in [-0.2, 0) is 14.3 Å². The van der Waals surface area contributed by atoms with Crippen LogP contribution in [0.5, 0.6) is 5.75 Å². The van der Waals surface area contributed by atoms with Gasteiger partial charge in [-0.1, -0.05) is 6.07 Å². The van der Waals surface area contributed by atoms with Crippen molar-refractivity contribution in [1.29, 1.82) is 0 Å². The maximum Gasteiger partial charge on any atom is 0.344 e. The minimum atomic E-state index is -0.361. The summed E-state index contributed by atoms with van der Waals surface area (Å²) in [4.78, 5) is 11.5. The molecular formula is C15H21NO4. The molecule has 1 aromatic carbocycles. The van der Waals surface area contributed by atoms with Gasteiger partial charge in [-0.05, 0) is 37.8 Å². The zero-order valence-electron chi connectivity index (χ0n) is 11.5. The van der Waals surface area contributed by atoms with Crippen molar-refractivity contribution < 1.29 is 19.0 Å². The van der Waals surface area contributed by atoms with E-state index in [1.165, 1.54) is 0 Å². The van der Waals surface area contributed by atoms with E-state index in [-0.39, 0.29) is 12.6 Å². The molecule has 0 radical (unpaired) electrons. The number of anilines is 1. The van der Waals surface area contributed by atoms with Crippen molar-refractivity contribution in [2.45, 2.75) is 31.8 Å². The van der Waals surface area contributed by atoms with Crippen LogP contribution in [0.2, 0.25) is 0 Å². The third-order valence-corrected chi connectivity index (χ3v) is 3.17. The molecule has 5 heteroatoms. The van der Waals surface area contributed by atoms with Crippen LogP contribution in [0.1, 0.15) is 25.7 Å². The molecule has 0 spiro atoms. The summed E-state index contributed by atoms with van der Waals surface area (Å²) in [6, 6.07) is 6.96. The number of carbonyl (C=O) groups excluding carboxylic acids is 1. The summed E-state index contributed by atoms with van der Waals surface area (Å²) < 4.78 is 15.9. The lowest BCUT2D eigenvalue weighted by Gasteiger charge is -2.10. The predicted molar refractivity (Wildman–Crippen MR) is 75.5 cm³/mol. The molecule has 5 nitrogen and oxygen atoms in total. The van der Waals surface area contributed by atoms with Crippen LogP contribution in [0.15, 0.2) is 24.3 Å². The van der Waals surface area contributed by atoms with Gasteiger partial charge in [-0.2, -0.15) is 0 Å². The molecule has 1 aromatic rings. The van der Waals surface area contributed by atoms with Crippen molar-refractivity contribution in [3.8, 4) is 5.75 Å². The van der Waals surface area contributed by atoms with E-state index < -0.39 is 0 Å². The largest absolute Gasteiger partial charge is 0.482 e. The zero-order chi connectivity index (χ0) is 14.2. The summed E-state index contributed by atoms with van der Waals surface area (Å²) >= 11 is 0. The number of nitrogen functional groups attached to an aromatic ring is 1. The van der Waals surface area contributed by atoms with Gasteiger partial charge in [-0.25, -0.2) is 4.79 Å². The lowest BCUT2D eigenvalue weighted by atomic mass is 10.1. The Balaban J connectivity index is 1.56. The molecule has 0 aromatic heterocycles. The normalized spacial score (nSPS) is 17.9. The van der Waals surface area contributed by atoms with E-state index in [1.54, 1.807) is 24.3 Å². The maximum absolute atomic E-state index is 11.5. The number of rotatable bonds is 7. The molecule has 1 atom stereocenters. The highest BCUT2D eigenvalue weighted by Crippen LogP contribution is 2.17. The van der Waals surface area contributed by atoms with Gasteiger partial charge in [-0.15, -0.1) is 0 Å². The third-order valence-electron chi connectivity index (χ3n) is 3.17. The topological polar surface area (TPSA) is 70.8 Å². The molecule has 0 amide bonds. The van der Waals surface area contributed by atoms with Crippen molar-refractivity contribution in [2.75, 3.05) is 25.6 Å². The van der Waals surface area contributed by atoms with Crippen LogP contribution in [0.4, 0.5) is 5.69 Å². The Morgan fingerprint density at radius 3 is 3.10 bits per heavy atom. The minimum Gasteiger partial charge on any atom is -0.482 e. The van der Waals surface area contributed by atoms with Gasteiger partial charge in [0.2, 0.25) is 0 Å². The highest BCUT2D eigenvalue weighted by atomic mass is 16.6. The summed E-state index contributed by atoms with van der Waals surface area (Å²) in [6.45, 7) is 1.18. The molecule has 0 aliphatic carbocycles. The van der Waals surface area contributed by atoms with Crippen molar-refractivity contribution in [3.63, 3.8) is 0 Å². The van der Waals surface area contributed by atoms with Gasteiger partial charge in [0.15, 0.2) is 6.61 Å². The Labute approximate surface area is 119 Å². The molecule has 1 heterocycles. The molecule has 0 saturated carbocycles. The number of carbonyl (C=O) groups is 1. The van der Waals surface area contributed by atoms with E-state index in [1.807, 2.05) is 0 Å². The van der Waals surface area contributed by atoms with E-state index in [9.17, 15) is 4.79 Å². The van der Waals surface area contributed by atoms with Crippen LogP contribution in [0, 0.1) is 0 Å². The molecule has 110 valence electrons. The second kappa shape index (κ2) is 7.75. The molecule has 1 aliphatic rings. The molecule has 20 heavy (non-hydrogen) atoms. The Hall–Kier alpha value is -1.75. The number of benzene rings is 1. The Morgan fingerprint density at radius 2 is 2.35 bits per heavy atom. The molecule has 1 unspecified atom stereocenters. The van der Waals surface area contributed by atoms with E-state index in [4.69, 9.17) is 19.9 Å². The Kier molecular flexibility index (Phi) is 5.68. The summed E-state index contributed by atoms with van der Waals surface area (Å²) in [6.07, 6.45) is 4.38. The van der Waals surface area contributed by atoms with Crippen molar-refractivity contribution >= 4 is 11.7 Å². The van der Waals surface area contributed by atoms with E-state index >= 15 is 0 Å². The summed E-state index contributed by atoms with van der Waals surface area (Å²) in [5.41, 5.74) is 6.22. The fraction of sp³-hybridized carbons (Fsp3) is 0.533. The third kappa shape index (κ3) is 5.09. The second-order valence-electron chi connectivity index (χ2n) is 4.86. The molecule has 2 N–H and O–H groups in total. The average molecular weight is 279 g/mol. The average Bonchev–Trinajstić information content (AvgIpc) is 2.95. The lowest BCUT2D eigenvalue weighted by Crippen LogP contribution is -2.16. The summed E-state index contributed by atoms with van der Waals surface area (Å²) in [5.74, 6) is 0.209. The van der Waals surface area contributed by atoms with Crippen molar-refractivity contribution in [1.82, 2.24) is 0 Å². The lowest BCUT2D eigenvalue weighted by molar-refractivity contribution is -0.146. The van der Waals surface area contributed by atoms with E-state index in [2.05, 4.69) is 0 Å². The molecule has 2 rings (SSSR count). The standard InChI is InChI=1S/C15H21NO4/c16-12-4-1-5-14(10-12)20-11-15(17)19-9-3-7-13-6-2-8-18-13/h1,4-5,10,13H,2-3,6-9,11,16H2. The number of ether oxygens (including phenoxy) is 3. The van der Waals surface area contributed by atoms with E-state index in [0.717, 1.165) is 32.3 Å². The maximum atomic E-state index is 11.5. The Morgan fingerprint density at radius 1 is 1.45 bits per heavy atom. The van der Waals surface area contributed by atoms with Crippen LogP contribution in [0.25, 0.3) is 0 Å². The fourth-order valence-electron chi connectivity index (χ4n) is 2.16. The summed E-state index contributed by atoms with van der Waals surface area (Å²) in [5, 5.41) is 0. The first kappa shape index (κ1) is 14.7.